The summed E-state index contributed by atoms with van der Waals surface area (Å²) in [4.78, 5) is 26.0. The predicted octanol–water partition coefficient (Wildman–Crippen LogP) is 3.27. The summed E-state index contributed by atoms with van der Waals surface area (Å²) in [7, 11) is -2.91. The lowest BCUT2D eigenvalue weighted by Gasteiger charge is -2.21. The van der Waals surface area contributed by atoms with Gasteiger partial charge >= 0.3 is 0 Å². The molecule has 1 atom stereocenters. The average molecular weight is 513 g/mol. The van der Waals surface area contributed by atoms with Gasteiger partial charge in [-0.25, -0.2) is 13.1 Å². The molecular weight excluding hydrogens is 496 g/mol. The van der Waals surface area contributed by atoms with Gasteiger partial charge in [-0.1, -0.05) is 16.8 Å². The fourth-order valence-corrected chi connectivity index (χ4v) is 5.60. The van der Waals surface area contributed by atoms with Crippen molar-refractivity contribution in [3.63, 3.8) is 0 Å². The molecule has 1 aliphatic heterocycles. The van der Waals surface area contributed by atoms with Crippen LogP contribution in [-0.2, 0) is 14.8 Å². The number of nitrogens with zero attached hydrogens (tertiary/aromatic N) is 1. The summed E-state index contributed by atoms with van der Waals surface area (Å²) in [6.45, 7) is 2.71. The molecule has 3 aromatic rings. The van der Waals surface area contributed by atoms with Gasteiger partial charge in [-0.05, 0) is 31.4 Å². The topological polar surface area (TPSA) is 134 Å². The zero-order valence-electron chi connectivity index (χ0n) is 17.5. The highest BCUT2D eigenvalue weighted by Crippen LogP contribution is 2.49. The van der Waals surface area contributed by atoms with Crippen LogP contribution < -0.4 is 18.9 Å². The summed E-state index contributed by atoms with van der Waals surface area (Å²) in [5.74, 6) is -2.74. The second-order valence-corrected chi connectivity index (χ2v) is 9.81. The SMILES string of the molecule is COc1c2c(cc(C(C)=O)c1C(C(=O)NS(=O)(=O)c1ccsc1)c1onc(C)c1Cl)OCO2. The van der Waals surface area contributed by atoms with E-state index >= 15 is 0 Å². The summed E-state index contributed by atoms with van der Waals surface area (Å²) in [5, 5.41) is 6.71. The van der Waals surface area contributed by atoms with Crippen molar-refractivity contribution in [3.05, 3.63) is 50.5 Å². The van der Waals surface area contributed by atoms with Crippen molar-refractivity contribution in [2.24, 2.45) is 0 Å². The van der Waals surface area contributed by atoms with Gasteiger partial charge < -0.3 is 18.7 Å². The summed E-state index contributed by atoms with van der Waals surface area (Å²) < 4.78 is 49.2. The number of carbonyl (C=O) groups is 2. The zero-order chi connectivity index (χ0) is 23.9. The molecule has 10 nitrogen and oxygen atoms in total. The molecule has 1 N–H and O–H groups in total. The highest BCUT2D eigenvalue weighted by Gasteiger charge is 2.40. The quantitative estimate of drug-likeness (QED) is 0.473. The molecule has 2 aromatic heterocycles. The Morgan fingerprint density at radius 1 is 1.33 bits per heavy atom. The number of benzene rings is 1. The van der Waals surface area contributed by atoms with Crippen molar-refractivity contribution in [1.82, 2.24) is 9.88 Å². The molecule has 0 aliphatic carbocycles. The lowest BCUT2D eigenvalue weighted by Crippen LogP contribution is -2.35. The van der Waals surface area contributed by atoms with Gasteiger partial charge in [-0.15, -0.1) is 0 Å². The fraction of sp³-hybridized carbons (Fsp3) is 0.250. The molecule has 1 aliphatic rings. The number of sulfonamides is 1. The van der Waals surface area contributed by atoms with Crippen LogP contribution in [0.5, 0.6) is 17.2 Å². The number of hydrogen-bond donors (Lipinski definition) is 1. The molecule has 0 radical (unpaired) electrons. The number of carbonyl (C=O) groups excluding carboxylic acids is 2. The molecule has 0 saturated heterocycles. The third-order valence-corrected chi connectivity index (χ3v) is 7.55. The van der Waals surface area contributed by atoms with Crippen LogP contribution in [0.4, 0.5) is 0 Å². The van der Waals surface area contributed by atoms with E-state index in [0.29, 0.717) is 0 Å². The largest absolute Gasteiger partial charge is 0.492 e. The first-order valence-electron chi connectivity index (χ1n) is 9.37. The van der Waals surface area contributed by atoms with Gasteiger partial charge in [0.2, 0.25) is 18.4 Å². The number of aromatic nitrogens is 1. The monoisotopic (exact) mass is 512 g/mol. The van der Waals surface area contributed by atoms with E-state index in [4.69, 9.17) is 30.3 Å². The number of nitrogens with one attached hydrogen (secondary N) is 1. The smallest absolute Gasteiger partial charge is 0.264 e. The van der Waals surface area contributed by atoms with Crippen molar-refractivity contribution in [2.75, 3.05) is 13.9 Å². The minimum Gasteiger partial charge on any atom is -0.492 e. The maximum absolute atomic E-state index is 13.5. The van der Waals surface area contributed by atoms with E-state index in [1.165, 1.54) is 31.5 Å². The van der Waals surface area contributed by atoms with Gasteiger partial charge in [0.25, 0.3) is 10.0 Å². The number of aryl methyl sites for hydroxylation is 1. The number of halogens is 1. The van der Waals surface area contributed by atoms with E-state index in [9.17, 15) is 18.0 Å². The number of amides is 1. The normalized spacial score (nSPS) is 13.6. The fourth-order valence-electron chi connectivity index (χ4n) is 3.40. The molecule has 0 bridgehead atoms. The minimum absolute atomic E-state index is 0.00250. The minimum atomic E-state index is -4.22. The van der Waals surface area contributed by atoms with E-state index in [2.05, 4.69) is 5.16 Å². The highest BCUT2D eigenvalue weighted by atomic mass is 35.5. The van der Waals surface area contributed by atoms with Crippen LogP contribution in [-0.4, -0.2) is 39.2 Å². The lowest BCUT2D eigenvalue weighted by molar-refractivity contribution is -0.120. The van der Waals surface area contributed by atoms with E-state index in [1.807, 2.05) is 4.72 Å². The van der Waals surface area contributed by atoms with Gasteiger partial charge in [0.05, 0.1) is 17.7 Å². The Kier molecular flexibility index (Phi) is 6.08. The summed E-state index contributed by atoms with van der Waals surface area (Å²) >= 11 is 7.50. The number of Topliss-reactive ketones (excluding diaryl/α,β-unsaturated/α-hetero) is 1. The van der Waals surface area contributed by atoms with E-state index in [-0.39, 0.29) is 56.5 Å². The van der Waals surface area contributed by atoms with Gasteiger partial charge in [0.15, 0.2) is 23.0 Å². The Bertz CT molecular complexity index is 1350. The molecule has 0 fully saturated rings. The van der Waals surface area contributed by atoms with Crippen molar-refractivity contribution in [2.45, 2.75) is 24.7 Å². The Hall–Kier alpha value is -3.09. The number of hydrogen-bond acceptors (Lipinski definition) is 10. The number of fused-ring (bicyclic) bond motifs is 1. The first kappa shape index (κ1) is 23.1. The summed E-state index contributed by atoms with van der Waals surface area (Å²) in [6, 6.07) is 2.75. The van der Waals surface area contributed by atoms with E-state index < -0.39 is 27.6 Å². The molecule has 33 heavy (non-hydrogen) atoms. The van der Waals surface area contributed by atoms with Crippen molar-refractivity contribution < 1.29 is 36.7 Å². The van der Waals surface area contributed by atoms with Crippen LogP contribution in [0.2, 0.25) is 5.02 Å². The Balaban J connectivity index is 1.95. The van der Waals surface area contributed by atoms with Crippen LogP contribution in [0.15, 0.2) is 32.3 Å². The van der Waals surface area contributed by atoms with Crippen LogP contribution >= 0.6 is 22.9 Å². The number of methoxy groups -OCH3 is 1. The van der Waals surface area contributed by atoms with Gasteiger partial charge in [0, 0.05) is 16.5 Å². The molecule has 1 unspecified atom stereocenters. The maximum atomic E-state index is 13.5. The zero-order valence-corrected chi connectivity index (χ0v) is 19.9. The van der Waals surface area contributed by atoms with Crippen molar-refractivity contribution in [3.8, 4) is 17.2 Å². The summed E-state index contributed by atoms with van der Waals surface area (Å²) in [5.41, 5.74) is 0.314. The third kappa shape index (κ3) is 4.05. The average Bonchev–Trinajstić information content (AvgIpc) is 3.51. The number of ether oxygens (including phenoxy) is 3. The van der Waals surface area contributed by atoms with E-state index in [0.717, 1.165) is 11.3 Å². The molecule has 174 valence electrons. The standard InChI is InChI=1S/C20H17ClN2O8S2/c1-9-16(21)18(31-22-9)15(20(25)23-33(26,27)11-4-5-32-7-11)14-12(10(2)24)6-13-17(19(14)28-3)30-8-29-13/h4-7,15H,8H2,1-3H3,(H,23,25). The van der Waals surface area contributed by atoms with Crippen LogP contribution in [0, 0.1) is 6.92 Å². The molecule has 3 heterocycles. The molecule has 1 aromatic carbocycles. The van der Waals surface area contributed by atoms with Crippen LogP contribution in [0.1, 0.15) is 40.2 Å². The van der Waals surface area contributed by atoms with Gasteiger partial charge in [-0.3, -0.25) is 9.59 Å². The first-order valence-corrected chi connectivity index (χ1v) is 12.2. The van der Waals surface area contributed by atoms with Gasteiger partial charge in [0.1, 0.15) is 10.9 Å². The summed E-state index contributed by atoms with van der Waals surface area (Å²) in [6.07, 6.45) is 0. The predicted molar refractivity (Wildman–Crippen MR) is 117 cm³/mol. The molecule has 0 saturated carbocycles. The van der Waals surface area contributed by atoms with Crippen LogP contribution in [0.25, 0.3) is 0 Å². The second-order valence-electron chi connectivity index (χ2n) is 6.97. The Labute approximate surface area is 197 Å². The van der Waals surface area contributed by atoms with Crippen molar-refractivity contribution in [1.29, 1.82) is 0 Å². The van der Waals surface area contributed by atoms with E-state index in [1.54, 1.807) is 12.3 Å². The maximum Gasteiger partial charge on any atom is 0.264 e. The number of thiophene rings is 1. The Morgan fingerprint density at radius 3 is 2.67 bits per heavy atom. The Morgan fingerprint density at radius 2 is 2.09 bits per heavy atom. The molecule has 13 heteroatoms. The molecule has 1 amide bonds. The van der Waals surface area contributed by atoms with Gasteiger partial charge in [-0.2, -0.15) is 11.3 Å². The third-order valence-electron chi connectivity index (χ3n) is 4.91. The molecule has 4 rings (SSSR count). The number of rotatable bonds is 7. The molecular formula is C20H17ClN2O8S2. The van der Waals surface area contributed by atoms with Crippen LogP contribution in [0.3, 0.4) is 0 Å². The second kappa shape index (κ2) is 8.69. The first-order chi connectivity index (χ1) is 15.7. The highest BCUT2D eigenvalue weighted by molar-refractivity contribution is 7.90. The lowest BCUT2D eigenvalue weighted by atomic mass is 9.88. The molecule has 0 spiro atoms. The van der Waals surface area contributed by atoms with Crippen molar-refractivity contribution >= 4 is 44.7 Å². The number of ketones is 1.